The van der Waals surface area contributed by atoms with Crippen molar-refractivity contribution in [3.8, 4) is 5.75 Å². The zero-order valence-corrected chi connectivity index (χ0v) is 12.5. The second kappa shape index (κ2) is 4.73. The van der Waals surface area contributed by atoms with E-state index in [1.165, 1.54) is 12.0 Å². The van der Waals surface area contributed by atoms with E-state index in [1.54, 1.807) is 0 Å². The van der Waals surface area contributed by atoms with Gasteiger partial charge in [-0.15, -0.1) is 0 Å². The summed E-state index contributed by atoms with van der Waals surface area (Å²) in [4.78, 5) is 14.8. The van der Waals surface area contributed by atoms with Gasteiger partial charge >= 0.3 is 0 Å². The van der Waals surface area contributed by atoms with Crippen LogP contribution in [0, 0.1) is 0 Å². The first-order chi connectivity index (χ1) is 10.2. The van der Waals surface area contributed by atoms with E-state index in [-0.39, 0.29) is 11.7 Å². The maximum absolute atomic E-state index is 12.7. The van der Waals surface area contributed by atoms with Crippen molar-refractivity contribution in [3.05, 3.63) is 29.8 Å². The minimum Gasteiger partial charge on any atom is -0.494 e. The average Bonchev–Trinajstić information content (AvgIpc) is 3.17. The number of nitrogens with one attached hydrogen (secondary N) is 1. The van der Waals surface area contributed by atoms with Gasteiger partial charge in [0.1, 0.15) is 17.5 Å². The standard InChI is InChI=1S/C17H22N2O2/c1-2-21-14-8-6-12(7-9-14)15-18-17(10-11-17)16(20)19(15)13-4-3-5-13/h6-9,13,15,18H,2-5,10-11H2,1H3. The number of hydrogen-bond acceptors (Lipinski definition) is 3. The van der Waals surface area contributed by atoms with Gasteiger partial charge in [0.25, 0.3) is 0 Å². The minimum absolute atomic E-state index is 0.0426. The van der Waals surface area contributed by atoms with Crippen molar-refractivity contribution in [2.45, 2.75) is 56.8 Å². The van der Waals surface area contributed by atoms with E-state index in [2.05, 4.69) is 22.3 Å². The van der Waals surface area contributed by atoms with Gasteiger partial charge in [0.2, 0.25) is 5.91 Å². The second-order valence-corrected chi connectivity index (χ2v) is 6.43. The van der Waals surface area contributed by atoms with Gasteiger partial charge in [0.05, 0.1) is 6.61 Å². The number of ether oxygens (including phenoxy) is 1. The molecule has 2 aliphatic carbocycles. The first kappa shape index (κ1) is 13.1. The van der Waals surface area contributed by atoms with Crippen LogP contribution in [0.25, 0.3) is 0 Å². The Hall–Kier alpha value is -1.55. The highest BCUT2D eigenvalue weighted by Gasteiger charge is 2.60. The fourth-order valence-corrected chi connectivity index (χ4v) is 3.44. The van der Waals surface area contributed by atoms with E-state index in [9.17, 15) is 4.79 Å². The van der Waals surface area contributed by atoms with E-state index < -0.39 is 0 Å². The lowest BCUT2D eigenvalue weighted by Crippen LogP contribution is -2.44. The molecule has 4 heteroatoms. The van der Waals surface area contributed by atoms with Gasteiger partial charge in [-0.25, -0.2) is 0 Å². The number of hydrogen-bond donors (Lipinski definition) is 1. The highest BCUT2D eigenvalue weighted by Crippen LogP contribution is 2.48. The molecule has 3 aliphatic rings. The van der Waals surface area contributed by atoms with Gasteiger partial charge in [-0.2, -0.15) is 0 Å². The van der Waals surface area contributed by atoms with Gasteiger partial charge in [0, 0.05) is 6.04 Å². The molecule has 1 aromatic rings. The third-order valence-corrected chi connectivity index (χ3v) is 5.06. The summed E-state index contributed by atoms with van der Waals surface area (Å²) in [6, 6.07) is 8.61. The number of carbonyl (C=O) groups is 1. The van der Waals surface area contributed by atoms with Gasteiger partial charge in [-0.1, -0.05) is 12.1 Å². The van der Waals surface area contributed by atoms with Crippen LogP contribution in [0.3, 0.4) is 0 Å². The highest BCUT2D eigenvalue weighted by atomic mass is 16.5. The molecule has 3 fully saturated rings. The molecule has 0 radical (unpaired) electrons. The number of rotatable bonds is 4. The number of benzene rings is 1. The van der Waals surface area contributed by atoms with Gasteiger partial charge in [-0.3, -0.25) is 10.1 Å². The summed E-state index contributed by atoms with van der Waals surface area (Å²) in [6.07, 6.45) is 5.57. The topological polar surface area (TPSA) is 41.6 Å². The monoisotopic (exact) mass is 286 g/mol. The molecule has 1 unspecified atom stereocenters. The van der Waals surface area contributed by atoms with Crippen LogP contribution in [-0.4, -0.2) is 29.0 Å². The van der Waals surface area contributed by atoms with Crippen molar-refractivity contribution in [1.29, 1.82) is 0 Å². The SMILES string of the molecule is CCOc1ccc(C2NC3(CC3)C(=O)N2C2CCC2)cc1. The molecule has 0 bridgehead atoms. The Morgan fingerprint density at radius 2 is 2.00 bits per heavy atom. The average molecular weight is 286 g/mol. The smallest absolute Gasteiger partial charge is 0.244 e. The Bertz CT molecular complexity index is 546. The van der Waals surface area contributed by atoms with E-state index in [1.807, 2.05) is 19.1 Å². The van der Waals surface area contributed by atoms with E-state index >= 15 is 0 Å². The summed E-state index contributed by atoms with van der Waals surface area (Å²) in [5, 5.41) is 3.59. The number of nitrogens with zero attached hydrogens (tertiary/aromatic N) is 1. The van der Waals surface area contributed by atoms with Crippen molar-refractivity contribution < 1.29 is 9.53 Å². The molecule has 1 atom stereocenters. The summed E-state index contributed by atoms with van der Waals surface area (Å²) in [6.45, 7) is 2.66. The molecule has 21 heavy (non-hydrogen) atoms. The third kappa shape index (κ3) is 2.04. The molecule has 1 aliphatic heterocycles. The zero-order valence-electron chi connectivity index (χ0n) is 12.5. The van der Waals surface area contributed by atoms with Gasteiger partial charge < -0.3 is 9.64 Å². The summed E-state index contributed by atoms with van der Waals surface area (Å²) in [5.74, 6) is 1.22. The fourth-order valence-electron chi connectivity index (χ4n) is 3.44. The molecule has 1 N–H and O–H groups in total. The lowest BCUT2D eigenvalue weighted by atomic mass is 9.90. The van der Waals surface area contributed by atoms with Crippen LogP contribution in [0.4, 0.5) is 0 Å². The maximum Gasteiger partial charge on any atom is 0.244 e. The first-order valence-corrected chi connectivity index (χ1v) is 8.07. The molecule has 1 saturated heterocycles. The molecular weight excluding hydrogens is 264 g/mol. The minimum atomic E-state index is -0.237. The van der Waals surface area contributed by atoms with E-state index in [0.29, 0.717) is 18.6 Å². The summed E-state index contributed by atoms with van der Waals surface area (Å²) in [7, 11) is 0. The molecule has 112 valence electrons. The maximum atomic E-state index is 12.7. The number of carbonyl (C=O) groups excluding carboxylic acids is 1. The van der Waals surface area contributed by atoms with Crippen molar-refractivity contribution in [3.63, 3.8) is 0 Å². The molecule has 4 rings (SSSR count). The molecule has 1 heterocycles. The van der Waals surface area contributed by atoms with Crippen LogP contribution in [0.15, 0.2) is 24.3 Å². The number of amides is 1. The Morgan fingerprint density at radius 3 is 2.52 bits per heavy atom. The Balaban J connectivity index is 1.61. The van der Waals surface area contributed by atoms with Crippen LogP contribution in [-0.2, 0) is 4.79 Å². The molecule has 2 saturated carbocycles. The summed E-state index contributed by atoms with van der Waals surface area (Å²) in [5.41, 5.74) is 0.932. The fraction of sp³-hybridized carbons (Fsp3) is 0.588. The zero-order chi connectivity index (χ0) is 14.4. The quantitative estimate of drug-likeness (QED) is 0.925. The van der Waals surface area contributed by atoms with Crippen LogP contribution < -0.4 is 10.1 Å². The molecule has 1 aromatic carbocycles. The second-order valence-electron chi connectivity index (χ2n) is 6.43. The molecule has 1 amide bonds. The van der Waals surface area contributed by atoms with Crippen molar-refractivity contribution in [2.24, 2.45) is 0 Å². The molecule has 4 nitrogen and oxygen atoms in total. The van der Waals surface area contributed by atoms with Crippen molar-refractivity contribution in [1.82, 2.24) is 10.2 Å². The van der Waals surface area contributed by atoms with Crippen LogP contribution in [0.2, 0.25) is 0 Å². The van der Waals surface area contributed by atoms with Crippen molar-refractivity contribution >= 4 is 5.91 Å². The van der Waals surface area contributed by atoms with Gasteiger partial charge in [-0.05, 0) is 56.7 Å². The third-order valence-electron chi connectivity index (χ3n) is 5.06. The first-order valence-electron chi connectivity index (χ1n) is 8.07. The normalized spacial score (nSPS) is 27.0. The lowest BCUT2D eigenvalue weighted by molar-refractivity contribution is -0.134. The molecular formula is C17H22N2O2. The summed E-state index contributed by atoms with van der Waals surface area (Å²) >= 11 is 0. The predicted octanol–water partition coefficient (Wildman–Crippen LogP) is 2.60. The Morgan fingerprint density at radius 1 is 1.29 bits per heavy atom. The Labute approximate surface area is 125 Å². The Kier molecular flexibility index (Phi) is 2.96. The van der Waals surface area contributed by atoms with Crippen molar-refractivity contribution in [2.75, 3.05) is 6.61 Å². The lowest BCUT2D eigenvalue weighted by Gasteiger charge is -2.38. The predicted molar refractivity (Wildman–Crippen MR) is 79.9 cm³/mol. The molecule has 1 spiro atoms. The van der Waals surface area contributed by atoms with E-state index in [4.69, 9.17) is 4.74 Å². The highest BCUT2D eigenvalue weighted by molar-refractivity contribution is 5.92. The van der Waals surface area contributed by atoms with Crippen LogP contribution in [0.1, 0.15) is 50.8 Å². The van der Waals surface area contributed by atoms with Gasteiger partial charge in [0.15, 0.2) is 0 Å². The summed E-state index contributed by atoms with van der Waals surface area (Å²) < 4.78 is 5.50. The van der Waals surface area contributed by atoms with Crippen LogP contribution in [0.5, 0.6) is 5.75 Å². The van der Waals surface area contributed by atoms with E-state index in [0.717, 1.165) is 31.4 Å². The largest absolute Gasteiger partial charge is 0.494 e. The van der Waals surface area contributed by atoms with Crippen LogP contribution >= 0.6 is 0 Å². The molecule has 0 aromatic heterocycles.